The lowest BCUT2D eigenvalue weighted by molar-refractivity contribution is 0.0892. The molecule has 0 saturated heterocycles. The van der Waals surface area contributed by atoms with E-state index >= 15 is 0 Å². The predicted molar refractivity (Wildman–Crippen MR) is 97.0 cm³/mol. The van der Waals surface area contributed by atoms with Crippen molar-refractivity contribution in [2.45, 2.75) is 13.0 Å². The summed E-state index contributed by atoms with van der Waals surface area (Å²) >= 11 is 1.45. The molecule has 0 aliphatic heterocycles. The van der Waals surface area contributed by atoms with E-state index in [-0.39, 0.29) is 12.2 Å². The monoisotopic (exact) mass is 371 g/mol. The summed E-state index contributed by atoms with van der Waals surface area (Å²) in [7, 11) is 1.53. The van der Waals surface area contributed by atoms with Gasteiger partial charge in [0.25, 0.3) is 11.5 Å². The number of thiazole rings is 1. The fourth-order valence-corrected chi connectivity index (χ4v) is 2.94. The quantitative estimate of drug-likeness (QED) is 0.683. The summed E-state index contributed by atoms with van der Waals surface area (Å²) < 4.78 is 5.14. The second-order valence-corrected chi connectivity index (χ2v) is 6.52. The fraction of sp³-hybridized carbons (Fsp3) is 0.235. The van der Waals surface area contributed by atoms with Crippen molar-refractivity contribution in [3.63, 3.8) is 0 Å². The number of hydrogen-bond donors (Lipinski definition) is 2. The van der Waals surface area contributed by atoms with Gasteiger partial charge >= 0.3 is 0 Å². The number of pyridine rings is 1. The summed E-state index contributed by atoms with van der Waals surface area (Å²) in [5.41, 5.74) is 0.594. The molecule has 2 N–H and O–H groups in total. The van der Waals surface area contributed by atoms with Gasteiger partial charge in [0.1, 0.15) is 11.3 Å². The maximum absolute atomic E-state index is 12.5. The SMILES string of the molecule is COC[C@@H](NC(=O)c1cnc(-c2csc(C)n2)[nH]c1=O)c1ccccn1. The van der Waals surface area contributed by atoms with E-state index in [2.05, 4.69) is 25.3 Å². The molecule has 3 aromatic heterocycles. The third-order valence-corrected chi connectivity index (χ3v) is 4.36. The van der Waals surface area contributed by atoms with Crippen LogP contribution in [0.3, 0.4) is 0 Å². The zero-order valence-corrected chi connectivity index (χ0v) is 15.0. The summed E-state index contributed by atoms with van der Waals surface area (Å²) in [6.07, 6.45) is 2.88. The molecule has 3 heterocycles. The maximum Gasteiger partial charge on any atom is 0.264 e. The molecule has 0 unspecified atom stereocenters. The Morgan fingerprint density at radius 2 is 2.23 bits per heavy atom. The first-order valence-electron chi connectivity index (χ1n) is 7.81. The molecule has 0 saturated carbocycles. The van der Waals surface area contributed by atoms with Crippen molar-refractivity contribution in [3.05, 3.63) is 62.6 Å². The van der Waals surface area contributed by atoms with Gasteiger partial charge in [-0.3, -0.25) is 14.6 Å². The molecule has 3 rings (SSSR count). The van der Waals surface area contributed by atoms with Crippen LogP contribution in [-0.2, 0) is 4.74 Å². The van der Waals surface area contributed by atoms with Gasteiger partial charge in [0.2, 0.25) is 0 Å². The molecular formula is C17H17N5O3S. The van der Waals surface area contributed by atoms with Gasteiger partial charge in [0, 0.05) is 24.9 Å². The number of nitrogens with zero attached hydrogens (tertiary/aromatic N) is 3. The van der Waals surface area contributed by atoms with E-state index in [4.69, 9.17) is 4.74 Å². The summed E-state index contributed by atoms with van der Waals surface area (Å²) in [6, 6.07) is 4.90. The van der Waals surface area contributed by atoms with Crippen molar-refractivity contribution >= 4 is 17.2 Å². The van der Waals surface area contributed by atoms with Gasteiger partial charge in [-0.1, -0.05) is 6.07 Å². The number of aromatic nitrogens is 4. The van der Waals surface area contributed by atoms with E-state index in [9.17, 15) is 9.59 Å². The van der Waals surface area contributed by atoms with Gasteiger partial charge in [-0.15, -0.1) is 11.3 Å². The lowest BCUT2D eigenvalue weighted by atomic mass is 10.2. The minimum absolute atomic E-state index is 0.0854. The maximum atomic E-state index is 12.5. The molecule has 1 atom stereocenters. The molecule has 3 aromatic rings. The minimum Gasteiger partial charge on any atom is -0.382 e. The number of amides is 1. The molecule has 134 valence electrons. The Balaban J connectivity index is 1.81. The number of ether oxygens (including phenoxy) is 1. The van der Waals surface area contributed by atoms with Crippen LogP contribution < -0.4 is 10.9 Å². The van der Waals surface area contributed by atoms with Crippen LogP contribution in [0.15, 0.2) is 40.8 Å². The van der Waals surface area contributed by atoms with Crippen LogP contribution in [-0.4, -0.2) is 39.6 Å². The Morgan fingerprint density at radius 1 is 1.38 bits per heavy atom. The number of nitrogens with one attached hydrogen (secondary N) is 2. The normalized spacial score (nSPS) is 11.9. The second kappa shape index (κ2) is 7.98. The first kappa shape index (κ1) is 17.9. The average Bonchev–Trinajstić information content (AvgIpc) is 3.08. The molecular weight excluding hydrogens is 354 g/mol. The molecule has 0 spiro atoms. The number of aromatic amines is 1. The van der Waals surface area contributed by atoms with E-state index in [0.29, 0.717) is 17.2 Å². The Bertz CT molecular complexity index is 954. The highest BCUT2D eigenvalue weighted by atomic mass is 32.1. The first-order chi connectivity index (χ1) is 12.6. The molecule has 0 fully saturated rings. The van der Waals surface area contributed by atoms with E-state index in [0.717, 1.165) is 5.01 Å². The van der Waals surface area contributed by atoms with Gasteiger partial charge in [-0.05, 0) is 19.1 Å². The van der Waals surface area contributed by atoms with Crippen LogP contribution in [0, 0.1) is 6.92 Å². The van der Waals surface area contributed by atoms with E-state index < -0.39 is 17.5 Å². The first-order valence-corrected chi connectivity index (χ1v) is 8.69. The number of hydrogen-bond acceptors (Lipinski definition) is 7. The Kier molecular flexibility index (Phi) is 5.49. The highest BCUT2D eigenvalue weighted by Gasteiger charge is 2.19. The van der Waals surface area contributed by atoms with Gasteiger partial charge in [-0.25, -0.2) is 9.97 Å². The van der Waals surface area contributed by atoms with Crippen LogP contribution in [0.4, 0.5) is 0 Å². The molecule has 0 bridgehead atoms. The fourth-order valence-electron chi connectivity index (χ4n) is 2.34. The summed E-state index contributed by atoms with van der Waals surface area (Å²) in [6.45, 7) is 2.09. The van der Waals surface area contributed by atoms with Gasteiger partial charge in [-0.2, -0.15) is 0 Å². The zero-order valence-electron chi connectivity index (χ0n) is 14.2. The Labute approximate surface area is 153 Å². The number of H-pyrrole nitrogens is 1. The smallest absolute Gasteiger partial charge is 0.264 e. The molecule has 0 aliphatic carbocycles. The summed E-state index contributed by atoms with van der Waals surface area (Å²) in [5.74, 6) is -0.221. The summed E-state index contributed by atoms with van der Waals surface area (Å²) in [5, 5.41) is 5.41. The van der Waals surface area contributed by atoms with E-state index in [1.165, 1.54) is 24.6 Å². The molecule has 8 nitrogen and oxygen atoms in total. The van der Waals surface area contributed by atoms with Crippen molar-refractivity contribution in [3.8, 4) is 11.5 Å². The van der Waals surface area contributed by atoms with Gasteiger partial charge < -0.3 is 15.0 Å². The van der Waals surface area contributed by atoms with Crippen molar-refractivity contribution in [2.24, 2.45) is 0 Å². The third kappa shape index (κ3) is 4.01. The zero-order chi connectivity index (χ0) is 18.5. The highest BCUT2D eigenvalue weighted by Crippen LogP contribution is 2.16. The van der Waals surface area contributed by atoms with Crippen LogP contribution >= 0.6 is 11.3 Å². The molecule has 1 amide bonds. The van der Waals surface area contributed by atoms with Crippen molar-refractivity contribution in [1.82, 2.24) is 25.3 Å². The molecule has 9 heteroatoms. The Morgan fingerprint density at radius 3 is 2.85 bits per heavy atom. The predicted octanol–water partition coefficient (Wildman–Crippen LogP) is 1.71. The lowest BCUT2D eigenvalue weighted by Crippen LogP contribution is -2.35. The van der Waals surface area contributed by atoms with E-state index in [1.807, 2.05) is 13.0 Å². The second-order valence-electron chi connectivity index (χ2n) is 5.46. The third-order valence-electron chi connectivity index (χ3n) is 3.59. The molecule has 0 aliphatic rings. The number of carbonyl (C=O) groups excluding carboxylic acids is 1. The van der Waals surface area contributed by atoms with Gasteiger partial charge in [0.15, 0.2) is 5.82 Å². The van der Waals surface area contributed by atoms with Crippen LogP contribution in [0.1, 0.15) is 27.1 Å². The lowest BCUT2D eigenvalue weighted by Gasteiger charge is -2.17. The van der Waals surface area contributed by atoms with Crippen LogP contribution in [0.2, 0.25) is 0 Å². The largest absolute Gasteiger partial charge is 0.382 e. The standard InChI is InChI=1S/C17H17N5O3S/c1-10-20-14(9-26-10)15-19-7-11(17(24)22-15)16(23)21-13(8-25-2)12-5-3-4-6-18-12/h3-7,9,13H,8H2,1-2H3,(H,21,23)(H,19,22,24)/t13-/m1/s1. The van der Waals surface area contributed by atoms with E-state index in [1.54, 1.807) is 23.7 Å². The average molecular weight is 371 g/mol. The number of carbonyl (C=O) groups is 1. The van der Waals surface area contributed by atoms with Crippen molar-refractivity contribution in [1.29, 1.82) is 0 Å². The molecule has 26 heavy (non-hydrogen) atoms. The Hall–Kier alpha value is -2.91. The van der Waals surface area contributed by atoms with Gasteiger partial charge in [0.05, 0.1) is 23.4 Å². The summed E-state index contributed by atoms with van der Waals surface area (Å²) in [4.78, 5) is 40.1. The number of methoxy groups -OCH3 is 1. The topological polar surface area (TPSA) is 110 Å². The van der Waals surface area contributed by atoms with Crippen molar-refractivity contribution in [2.75, 3.05) is 13.7 Å². The van der Waals surface area contributed by atoms with Crippen molar-refractivity contribution < 1.29 is 9.53 Å². The van der Waals surface area contributed by atoms with Crippen LogP contribution in [0.25, 0.3) is 11.5 Å². The highest BCUT2D eigenvalue weighted by molar-refractivity contribution is 7.09. The van der Waals surface area contributed by atoms with Crippen LogP contribution in [0.5, 0.6) is 0 Å². The number of aryl methyl sites for hydroxylation is 1. The molecule has 0 radical (unpaired) electrons. The number of rotatable bonds is 6. The minimum atomic E-state index is -0.549. The molecule has 0 aromatic carbocycles.